The Hall–Kier alpha value is -3.03. The molecule has 3 aromatic rings. The Morgan fingerprint density at radius 2 is 1.97 bits per heavy atom. The van der Waals surface area contributed by atoms with Crippen molar-refractivity contribution in [2.24, 2.45) is 0 Å². The summed E-state index contributed by atoms with van der Waals surface area (Å²) in [5, 5.41) is 16.0. The van der Waals surface area contributed by atoms with E-state index in [4.69, 9.17) is 0 Å². The summed E-state index contributed by atoms with van der Waals surface area (Å²) in [6, 6.07) is 18.5. The molecular formula is C22H21N3O3S. The van der Waals surface area contributed by atoms with Gasteiger partial charge in [-0.15, -0.1) is 11.3 Å². The maximum atomic E-state index is 12.6. The van der Waals surface area contributed by atoms with Gasteiger partial charge in [0.2, 0.25) is 0 Å². The largest absolute Gasteiger partial charge is 0.350 e. The minimum absolute atomic E-state index is 0.0611. The van der Waals surface area contributed by atoms with Crippen molar-refractivity contribution in [1.29, 1.82) is 0 Å². The lowest BCUT2D eigenvalue weighted by Crippen LogP contribution is -2.40. The first kappa shape index (κ1) is 19.3. The molecule has 0 unspecified atom stereocenters. The highest BCUT2D eigenvalue weighted by Gasteiger charge is 2.26. The predicted molar refractivity (Wildman–Crippen MR) is 113 cm³/mol. The second-order valence-electron chi connectivity index (χ2n) is 7.04. The van der Waals surface area contributed by atoms with Crippen LogP contribution < -0.4 is 5.32 Å². The molecule has 2 aromatic carbocycles. The maximum Gasteiger partial charge on any atom is 0.270 e. The Balaban J connectivity index is 1.50. The molecule has 2 heterocycles. The third kappa shape index (κ3) is 4.36. The van der Waals surface area contributed by atoms with E-state index in [0.29, 0.717) is 12.1 Å². The van der Waals surface area contributed by atoms with Crippen LogP contribution in [0.1, 0.15) is 32.4 Å². The number of carbonyl (C=O) groups excluding carboxylic acids is 1. The zero-order valence-electron chi connectivity index (χ0n) is 15.8. The molecule has 1 aliphatic heterocycles. The van der Waals surface area contributed by atoms with Crippen LogP contribution in [0, 0.1) is 10.1 Å². The van der Waals surface area contributed by atoms with Gasteiger partial charge in [-0.1, -0.05) is 36.4 Å². The minimum atomic E-state index is -0.490. The monoisotopic (exact) mass is 407 g/mol. The van der Waals surface area contributed by atoms with Crippen molar-refractivity contribution in [2.45, 2.75) is 19.0 Å². The van der Waals surface area contributed by atoms with Crippen molar-refractivity contribution in [1.82, 2.24) is 10.2 Å². The average Bonchev–Trinajstić information content (AvgIpc) is 3.28. The average molecular weight is 407 g/mol. The number of thiophene rings is 1. The second-order valence-corrected chi connectivity index (χ2v) is 8.02. The summed E-state index contributed by atoms with van der Waals surface area (Å²) < 4.78 is 0. The number of non-ortho nitro benzene ring substituents is 1. The molecule has 1 atom stereocenters. The summed E-state index contributed by atoms with van der Waals surface area (Å²) >= 11 is 1.68. The molecule has 0 saturated heterocycles. The lowest BCUT2D eigenvalue weighted by Gasteiger charge is -2.35. The third-order valence-electron chi connectivity index (χ3n) is 5.25. The predicted octanol–water partition coefficient (Wildman–Crippen LogP) is 4.19. The van der Waals surface area contributed by atoms with Gasteiger partial charge in [-0.2, -0.15) is 0 Å². The lowest BCUT2D eigenvalue weighted by atomic mass is 9.98. The SMILES string of the molecule is O=C(NC[C@@H](c1cccs1)N1CCc2ccccc2C1)c1cccc([N+](=O)[O-])c1. The van der Waals surface area contributed by atoms with Gasteiger partial charge in [-0.3, -0.25) is 19.8 Å². The number of carbonyl (C=O) groups is 1. The zero-order chi connectivity index (χ0) is 20.2. The first-order valence-corrected chi connectivity index (χ1v) is 10.4. The molecule has 0 fully saturated rings. The van der Waals surface area contributed by atoms with Crippen LogP contribution in [0.15, 0.2) is 66.0 Å². The highest BCUT2D eigenvalue weighted by atomic mass is 32.1. The topological polar surface area (TPSA) is 75.5 Å². The van der Waals surface area contributed by atoms with Crippen molar-refractivity contribution in [3.63, 3.8) is 0 Å². The molecule has 0 bridgehead atoms. The van der Waals surface area contributed by atoms with E-state index in [9.17, 15) is 14.9 Å². The fourth-order valence-corrected chi connectivity index (χ4v) is 4.59. The normalized spacial score (nSPS) is 14.8. The molecule has 0 radical (unpaired) electrons. The van der Waals surface area contributed by atoms with E-state index in [1.165, 1.54) is 34.2 Å². The molecule has 1 N–H and O–H groups in total. The molecule has 7 heteroatoms. The van der Waals surface area contributed by atoms with Crippen molar-refractivity contribution >= 4 is 22.9 Å². The number of nitro groups is 1. The molecular weight excluding hydrogens is 386 g/mol. The van der Waals surface area contributed by atoms with E-state index in [1.807, 2.05) is 11.4 Å². The first-order valence-electron chi connectivity index (χ1n) is 9.49. The van der Waals surface area contributed by atoms with Gasteiger partial charge in [-0.25, -0.2) is 0 Å². The van der Waals surface area contributed by atoms with Crippen LogP contribution in [0.4, 0.5) is 5.69 Å². The van der Waals surface area contributed by atoms with Gasteiger partial charge in [0.15, 0.2) is 0 Å². The lowest BCUT2D eigenvalue weighted by molar-refractivity contribution is -0.384. The van der Waals surface area contributed by atoms with Crippen LogP contribution in [0.25, 0.3) is 0 Å². The van der Waals surface area contributed by atoms with E-state index in [1.54, 1.807) is 17.4 Å². The number of nitrogens with zero attached hydrogens (tertiary/aromatic N) is 2. The van der Waals surface area contributed by atoms with E-state index in [0.717, 1.165) is 19.5 Å². The molecule has 148 valence electrons. The van der Waals surface area contributed by atoms with Gasteiger partial charge in [-0.05, 0) is 35.1 Å². The Kier molecular flexibility index (Phi) is 5.69. The third-order valence-corrected chi connectivity index (χ3v) is 6.22. The minimum Gasteiger partial charge on any atom is -0.350 e. The Morgan fingerprint density at radius 3 is 2.72 bits per heavy atom. The van der Waals surface area contributed by atoms with Crippen LogP contribution in [0.2, 0.25) is 0 Å². The fraction of sp³-hybridized carbons (Fsp3) is 0.227. The molecule has 0 aliphatic carbocycles. The molecule has 29 heavy (non-hydrogen) atoms. The summed E-state index contributed by atoms with van der Waals surface area (Å²) in [5.74, 6) is -0.298. The van der Waals surface area contributed by atoms with E-state index < -0.39 is 4.92 Å². The summed E-state index contributed by atoms with van der Waals surface area (Å²) in [7, 11) is 0. The molecule has 1 aromatic heterocycles. The van der Waals surface area contributed by atoms with Crippen molar-refractivity contribution in [2.75, 3.05) is 13.1 Å². The van der Waals surface area contributed by atoms with Crippen LogP contribution >= 0.6 is 11.3 Å². The summed E-state index contributed by atoms with van der Waals surface area (Å²) in [6.07, 6.45) is 0.983. The number of hydrogen-bond donors (Lipinski definition) is 1. The summed E-state index contributed by atoms with van der Waals surface area (Å²) in [6.45, 7) is 2.21. The van der Waals surface area contributed by atoms with E-state index >= 15 is 0 Å². The zero-order valence-corrected chi connectivity index (χ0v) is 16.6. The number of nitro benzene ring substituents is 1. The van der Waals surface area contributed by atoms with Crippen molar-refractivity contribution < 1.29 is 9.72 Å². The van der Waals surface area contributed by atoms with Gasteiger partial charge >= 0.3 is 0 Å². The Labute approximate surface area is 172 Å². The van der Waals surface area contributed by atoms with Crippen molar-refractivity contribution in [3.05, 3.63) is 97.7 Å². The Bertz CT molecular complexity index is 1020. The number of fused-ring (bicyclic) bond motifs is 1. The number of rotatable bonds is 6. The van der Waals surface area contributed by atoms with Crippen LogP contribution in [0.3, 0.4) is 0 Å². The summed E-state index contributed by atoms with van der Waals surface area (Å²) in [4.78, 5) is 26.7. The van der Waals surface area contributed by atoms with Gasteiger partial charge in [0.25, 0.3) is 11.6 Å². The van der Waals surface area contributed by atoms with Gasteiger partial charge in [0.1, 0.15) is 0 Å². The maximum absolute atomic E-state index is 12.6. The van der Waals surface area contributed by atoms with Crippen molar-refractivity contribution in [3.8, 4) is 0 Å². The smallest absolute Gasteiger partial charge is 0.270 e. The molecule has 6 nitrogen and oxygen atoms in total. The number of benzene rings is 2. The van der Waals surface area contributed by atoms with Crippen LogP contribution in [-0.2, 0) is 13.0 Å². The van der Waals surface area contributed by atoms with Crippen LogP contribution in [0.5, 0.6) is 0 Å². The molecule has 1 aliphatic rings. The number of amides is 1. The molecule has 1 amide bonds. The second kappa shape index (κ2) is 8.55. The highest BCUT2D eigenvalue weighted by molar-refractivity contribution is 7.10. The van der Waals surface area contributed by atoms with Gasteiger partial charge in [0, 0.05) is 42.2 Å². The first-order chi connectivity index (χ1) is 14.1. The van der Waals surface area contributed by atoms with E-state index in [2.05, 4.69) is 40.5 Å². The Morgan fingerprint density at radius 1 is 1.14 bits per heavy atom. The van der Waals surface area contributed by atoms with Gasteiger partial charge < -0.3 is 5.32 Å². The van der Waals surface area contributed by atoms with Crippen LogP contribution in [-0.4, -0.2) is 28.8 Å². The van der Waals surface area contributed by atoms with Gasteiger partial charge in [0.05, 0.1) is 11.0 Å². The molecule has 0 saturated carbocycles. The fourth-order valence-electron chi connectivity index (χ4n) is 3.73. The summed E-state index contributed by atoms with van der Waals surface area (Å²) in [5.41, 5.74) is 2.92. The molecule has 0 spiro atoms. The highest BCUT2D eigenvalue weighted by Crippen LogP contribution is 2.30. The molecule has 4 rings (SSSR count). The standard InChI is InChI=1S/C22H21N3O3S/c26-22(17-7-3-8-19(13-17)25(27)28)23-14-20(21-9-4-12-29-21)24-11-10-16-5-1-2-6-18(16)15-24/h1-9,12-13,20H,10-11,14-15H2,(H,23,26)/t20-/m0/s1. The number of nitrogens with one attached hydrogen (secondary N) is 1. The van der Waals surface area contributed by atoms with E-state index in [-0.39, 0.29) is 17.6 Å². The number of hydrogen-bond acceptors (Lipinski definition) is 5. The quantitative estimate of drug-likeness (QED) is 0.491.